The van der Waals surface area contributed by atoms with Gasteiger partial charge in [0.2, 0.25) is 0 Å². The zero-order valence-electron chi connectivity index (χ0n) is 66.1. The second-order valence-corrected chi connectivity index (χ2v) is 30.4. The average Bonchev–Trinajstić information content (AvgIpc) is 0.832. The lowest BCUT2D eigenvalue weighted by Gasteiger charge is -2.29. The summed E-state index contributed by atoms with van der Waals surface area (Å²) in [5.41, 5.74) is 10.5. The number of rotatable bonds is 26. The Morgan fingerprint density at radius 2 is 0.903 bits per heavy atom. The van der Waals surface area contributed by atoms with Gasteiger partial charge in [0.1, 0.15) is 58.4 Å². The molecular weight excluding hydrogens is 1710 g/mol. The molecule has 0 saturated heterocycles. The van der Waals surface area contributed by atoms with Gasteiger partial charge in [-0.2, -0.15) is 28.8 Å². The molecule has 124 heavy (non-hydrogen) atoms. The highest BCUT2D eigenvalue weighted by Gasteiger charge is 2.35. The van der Waals surface area contributed by atoms with Crippen molar-refractivity contribution >= 4 is 127 Å². The number of benzene rings is 5. The van der Waals surface area contributed by atoms with Gasteiger partial charge in [-0.15, -0.1) is 0 Å². The van der Waals surface area contributed by atoms with Crippen molar-refractivity contribution in [2.45, 2.75) is 51.6 Å². The molecule has 11 N–H and O–H groups in total. The van der Waals surface area contributed by atoms with Crippen molar-refractivity contribution < 1.29 is 13.2 Å². The van der Waals surface area contributed by atoms with E-state index in [0.717, 1.165) is 133 Å². The van der Waals surface area contributed by atoms with Crippen LogP contribution in [0.25, 0.3) is 56.7 Å². The molecule has 0 bridgehead atoms. The topological polar surface area (TPSA) is 380 Å². The summed E-state index contributed by atoms with van der Waals surface area (Å²) in [6, 6.07) is 44.2. The maximum Gasteiger partial charge on any atom is 0.417 e. The van der Waals surface area contributed by atoms with E-state index in [1.54, 1.807) is 110 Å². The monoisotopic (exact) mass is 1780 g/mol. The van der Waals surface area contributed by atoms with Crippen LogP contribution in [0, 0.1) is 22.7 Å². The van der Waals surface area contributed by atoms with Crippen molar-refractivity contribution in [1.29, 1.82) is 10.5 Å². The average molecular weight is 1790 g/mol. The maximum atomic E-state index is 13.8. The first-order valence-corrected chi connectivity index (χ1v) is 41.5. The second kappa shape index (κ2) is 42.8. The van der Waals surface area contributed by atoms with Gasteiger partial charge in [-0.3, -0.25) is 15.0 Å². The van der Waals surface area contributed by atoms with Gasteiger partial charge in [0.15, 0.2) is 34.8 Å². The van der Waals surface area contributed by atoms with Crippen molar-refractivity contribution in [3.05, 3.63) is 275 Å². The predicted molar refractivity (Wildman–Crippen MR) is 480 cm³/mol. The number of H-pyrrole nitrogens is 1. The third kappa shape index (κ3) is 23.7. The van der Waals surface area contributed by atoms with Gasteiger partial charge in [0.25, 0.3) is 0 Å². The zero-order valence-corrected chi connectivity index (χ0v) is 70.6. The first kappa shape index (κ1) is 87.5. The number of aromatic nitrogens is 16. The van der Waals surface area contributed by atoms with E-state index in [1.807, 2.05) is 48.5 Å². The van der Waals surface area contributed by atoms with Gasteiger partial charge in [-0.05, 0) is 103 Å². The predicted octanol–water partition coefficient (Wildman–Crippen LogP) is 16.4. The Morgan fingerprint density at radius 3 is 1.42 bits per heavy atom. The summed E-state index contributed by atoms with van der Waals surface area (Å²) in [7, 11) is 0. The molecule has 9 aromatic heterocycles. The Kier molecular flexibility index (Phi) is 30.2. The minimum atomic E-state index is -4.53. The van der Waals surface area contributed by atoms with Crippen LogP contribution in [-0.2, 0) is 51.6 Å². The quantitative estimate of drug-likeness (QED) is 0.0224. The number of hydrogen-bond donors (Lipinski definition) is 11. The minimum Gasteiger partial charge on any atom is -0.369 e. The minimum absolute atomic E-state index is 0.0454. The molecule has 5 aromatic carbocycles. The third-order valence-electron chi connectivity index (χ3n) is 19.3. The molecule has 14 aromatic rings. The van der Waals surface area contributed by atoms with Gasteiger partial charge in [-0.25, -0.2) is 64.8 Å². The van der Waals surface area contributed by atoms with E-state index >= 15 is 0 Å². The van der Waals surface area contributed by atoms with Crippen molar-refractivity contribution in [3.8, 4) is 57.7 Å². The summed E-state index contributed by atoms with van der Waals surface area (Å²) in [6.07, 6.45) is 10.7. The summed E-state index contributed by atoms with van der Waals surface area (Å²) in [4.78, 5) is 64.8. The van der Waals surface area contributed by atoms with Crippen LogP contribution in [0.15, 0.2) is 189 Å². The fourth-order valence-electron chi connectivity index (χ4n) is 13.4. The maximum absolute atomic E-state index is 13.8. The number of pyridine rings is 2. The number of anilines is 8. The van der Waals surface area contributed by atoms with Crippen LogP contribution in [0.3, 0.4) is 0 Å². The number of nitrogens with zero attached hydrogens (tertiary/aromatic N) is 18. The number of alkyl halides is 3. The van der Waals surface area contributed by atoms with Crippen LogP contribution < -0.4 is 53.2 Å². The first-order valence-electron chi connectivity index (χ1n) is 39.2. The molecular formula is C86H78Cl6F3N29. The van der Waals surface area contributed by atoms with E-state index in [1.165, 1.54) is 30.1 Å². The second-order valence-electron chi connectivity index (χ2n) is 27.9. The van der Waals surface area contributed by atoms with Gasteiger partial charge < -0.3 is 53.2 Å². The third-order valence-corrected chi connectivity index (χ3v) is 21.0. The van der Waals surface area contributed by atoms with Gasteiger partial charge in [0, 0.05) is 202 Å². The lowest BCUT2D eigenvalue weighted by molar-refractivity contribution is -0.137. The lowest BCUT2D eigenvalue weighted by Crippen LogP contribution is -2.32. The molecule has 0 spiro atoms. The van der Waals surface area contributed by atoms with Crippen LogP contribution in [0.4, 0.5) is 59.7 Å². The number of nitriles is 2. The molecule has 0 fully saturated rings. The van der Waals surface area contributed by atoms with E-state index in [9.17, 15) is 13.2 Å². The van der Waals surface area contributed by atoms with E-state index in [-0.39, 0.29) is 11.4 Å². The molecule has 630 valence electrons. The normalized spacial score (nSPS) is 12.6. The first-order chi connectivity index (χ1) is 60.4. The molecule has 3 aliphatic rings. The largest absolute Gasteiger partial charge is 0.417 e. The van der Waals surface area contributed by atoms with Crippen LogP contribution in [0.2, 0.25) is 30.1 Å². The SMILES string of the molecule is Clc1ccc(-c2nc3c(c(NCCNc4ccn[nH]4)n2)CNCC3)c(Cl)c1.Clc1ccc(-c2nc3c(c(NCCNc4cnccn4)n2)CNCC3)c(Cl)c1.N#Cc1ccc(NCCNc2nc(-c3ccc(Cl)cc3Cl)nc3nccnc23)nc1.N#Cc1ccc(NCCNc2nc(-c3ccccc3C(F)(F)F)nc3c2CCN(Cc2ccccc2)C3)nc1. The summed E-state index contributed by atoms with van der Waals surface area (Å²) < 4.78 is 41.5. The van der Waals surface area contributed by atoms with Gasteiger partial charge in [-0.1, -0.05) is 118 Å². The van der Waals surface area contributed by atoms with Crippen LogP contribution >= 0.6 is 69.6 Å². The van der Waals surface area contributed by atoms with E-state index in [4.69, 9.17) is 100 Å². The standard InChI is InChI=1S/C29H26F3N7.C20H14Cl2N8.C19H19Cl2N7.C18H19Cl2N7/c30-29(31,32)24-9-5-4-8-22(24)28-37-25-19-39(18-20-6-2-1-3-7-20)15-12-23(25)27(38-28)35-14-13-34-26-11-10-21(16-33)17-36-26;21-13-2-3-14(15(22)9-13)18-29-19(17-20(30-18)27-8-6-25-17)26-7-5-24-16-4-1-12(10-23)11-28-16;20-12-1-2-13(15(21)9-12)19-27-16-3-4-22-10-14(16)18(28-19)26-8-7-25-17-11-23-5-6-24-17;19-11-1-2-12(14(20)9-11)18-25-15-3-5-21-10-13(15)17(26-18)23-8-7-22-16-4-6-24-27-16/h1-11,17H,12-15,18-19H2,(H,34,36)(H,35,37,38);1-4,6,8-9,11H,5,7H2,(H,24,28)(H,26,27,29,30);1-2,5-6,9,11,22H,3-4,7-8,10H2,(H,24,25)(H,26,27,28);1-2,4,6,9,21H,3,5,7-8,10H2,(H2,22,24,27)(H,23,25,26). The number of aromatic amines is 1. The molecule has 0 atom stereocenters. The smallest absolute Gasteiger partial charge is 0.369 e. The van der Waals surface area contributed by atoms with Gasteiger partial charge >= 0.3 is 6.18 Å². The Bertz CT molecular complexity index is 6060. The number of hydrogen-bond acceptors (Lipinski definition) is 28. The van der Waals surface area contributed by atoms with Crippen molar-refractivity contribution in [2.24, 2.45) is 0 Å². The van der Waals surface area contributed by atoms with Crippen LogP contribution in [0.5, 0.6) is 0 Å². The van der Waals surface area contributed by atoms with Crippen LogP contribution in [-0.4, -0.2) is 157 Å². The van der Waals surface area contributed by atoms with Crippen molar-refractivity contribution in [3.63, 3.8) is 0 Å². The molecule has 3 aliphatic heterocycles. The van der Waals surface area contributed by atoms with E-state index < -0.39 is 11.7 Å². The lowest BCUT2D eigenvalue weighted by atomic mass is 10.0. The molecule has 0 amide bonds. The van der Waals surface area contributed by atoms with Gasteiger partial charge in [0.05, 0.1) is 61.2 Å². The number of halogens is 9. The van der Waals surface area contributed by atoms with E-state index in [0.29, 0.717) is 158 Å². The number of nitrogens with one attached hydrogen (secondary N) is 11. The molecule has 38 heteroatoms. The fourth-order valence-corrected chi connectivity index (χ4v) is 14.8. The summed E-state index contributed by atoms with van der Waals surface area (Å²) in [5, 5.41) is 60.8. The Hall–Kier alpha value is -12.9. The highest BCUT2D eigenvalue weighted by atomic mass is 35.5. The fraction of sp³-hybridized carbons (Fsp3) is 0.221. The summed E-state index contributed by atoms with van der Waals surface area (Å²) in [5.74, 6) is 7.35. The molecule has 29 nitrogen and oxygen atoms in total. The summed E-state index contributed by atoms with van der Waals surface area (Å²) in [6.45, 7) is 10.2. The van der Waals surface area contributed by atoms with E-state index in [2.05, 4.69) is 130 Å². The number of fused-ring (bicyclic) bond motifs is 4. The summed E-state index contributed by atoms with van der Waals surface area (Å²) >= 11 is 37.1. The van der Waals surface area contributed by atoms with Crippen LogP contribution in [0.1, 0.15) is 56.0 Å². The Labute approximate surface area is 740 Å². The Morgan fingerprint density at radius 1 is 0.419 bits per heavy atom. The molecule has 0 aliphatic carbocycles. The zero-order chi connectivity index (χ0) is 86.2. The highest BCUT2D eigenvalue weighted by molar-refractivity contribution is 6.37. The molecule has 0 saturated carbocycles. The molecule has 17 rings (SSSR count). The molecule has 0 radical (unpaired) electrons. The Balaban J connectivity index is 0.000000136. The molecule has 0 unspecified atom stereocenters. The van der Waals surface area contributed by atoms with Crippen molar-refractivity contribution in [2.75, 3.05) is 115 Å². The molecule has 12 heterocycles. The van der Waals surface area contributed by atoms with Crippen molar-refractivity contribution in [1.82, 2.24) is 95.5 Å². The highest BCUT2D eigenvalue weighted by Crippen LogP contribution is 2.39.